The van der Waals surface area contributed by atoms with Crippen LogP contribution in [0.25, 0.3) is 11.0 Å². The van der Waals surface area contributed by atoms with Gasteiger partial charge in [-0.3, -0.25) is 9.36 Å². The molecular weight excluding hydrogens is 414 g/mol. The summed E-state index contributed by atoms with van der Waals surface area (Å²) >= 11 is 15.2. The summed E-state index contributed by atoms with van der Waals surface area (Å²) in [6.45, 7) is 2.58. The quantitative estimate of drug-likeness (QED) is 0.796. The predicted octanol–water partition coefficient (Wildman–Crippen LogP) is 3.68. The molecule has 124 valence electrons. The molecule has 0 aliphatic carbocycles. The highest BCUT2D eigenvalue weighted by atomic mass is 79.9. The number of imidazole rings is 1. The number of hydrogen-bond donors (Lipinski definition) is 1. The number of ketones is 1. The van der Waals surface area contributed by atoms with Crippen LogP contribution >= 0.6 is 39.1 Å². The molecule has 0 radical (unpaired) electrons. The molecular formula is C14H12BrCl2FN2O3. The minimum atomic E-state index is -2.21. The Kier molecular flexibility index (Phi) is 4.21. The van der Waals surface area contributed by atoms with Gasteiger partial charge in [0.1, 0.15) is 0 Å². The van der Waals surface area contributed by atoms with Crippen molar-refractivity contribution in [2.45, 2.75) is 38.0 Å². The third kappa shape index (κ3) is 2.41. The van der Waals surface area contributed by atoms with Crippen LogP contribution in [0.3, 0.4) is 0 Å². The number of Topliss-reactive ketones (excluding diaryl/α,β-unsaturated/α-hetero) is 1. The van der Waals surface area contributed by atoms with Crippen LogP contribution in [0.5, 0.6) is 0 Å². The van der Waals surface area contributed by atoms with Crippen LogP contribution in [0.15, 0.2) is 16.9 Å². The van der Waals surface area contributed by atoms with Gasteiger partial charge in [-0.15, -0.1) is 0 Å². The number of halogens is 4. The zero-order valence-corrected chi connectivity index (χ0v) is 15.2. The van der Waals surface area contributed by atoms with E-state index in [2.05, 4.69) is 20.9 Å². The number of aliphatic hydroxyl groups is 1. The summed E-state index contributed by atoms with van der Waals surface area (Å²) in [5.41, 5.74) is -1.26. The Labute approximate surface area is 149 Å². The Balaban J connectivity index is 2.16. The Morgan fingerprint density at radius 2 is 2.09 bits per heavy atom. The van der Waals surface area contributed by atoms with Crippen LogP contribution in [0.1, 0.15) is 20.1 Å². The molecule has 2 heterocycles. The average Bonchev–Trinajstić information content (AvgIpc) is 2.89. The molecule has 0 unspecified atom stereocenters. The first-order chi connectivity index (χ1) is 10.7. The van der Waals surface area contributed by atoms with E-state index in [9.17, 15) is 14.3 Å². The van der Waals surface area contributed by atoms with Crippen molar-refractivity contribution in [1.82, 2.24) is 9.55 Å². The van der Waals surface area contributed by atoms with Crippen molar-refractivity contribution in [1.29, 1.82) is 0 Å². The molecule has 2 aromatic rings. The van der Waals surface area contributed by atoms with E-state index in [4.69, 9.17) is 27.9 Å². The zero-order valence-electron chi connectivity index (χ0n) is 12.1. The Bertz CT molecular complexity index is 815. The Morgan fingerprint density at radius 3 is 2.65 bits per heavy atom. The molecule has 1 aromatic carbocycles. The second kappa shape index (κ2) is 5.67. The lowest BCUT2D eigenvalue weighted by atomic mass is 9.90. The number of aromatic nitrogens is 2. The summed E-state index contributed by atoms with van der Waals surface area (Å²) in [5.74, 6) is -0.693. The molecule has 0 spiro atoms. The maximum absolute atomic E-state index is 14.9. The minimum Gasteiger partial charge on any atom is -0.377 e. The smallest absolute Gasteiger partial charge is 0.184 e. The number of benzene rings is 1. The Morgan fingerprint density at radius 1 is 1.48 bits per heavy atom. The standard InChI is InChI=1S/C14H12BrCl2FN2O3/c1-5(21)14(22)6(2)23-12(11(14)18)20-10-4-8(17)7(16)3-9(10)19-13(20)15/h3-4,6,11-12,22H,1-2H3/t6-,11+,12-,14-/m1/s1. The van der Waals surface area contributed by atoms with Gasteiger partial charge in [-0.25, -0.2) is 9.37 Å². The first-order valence-corrected chi connectivity index (χ1v) is 8.28. The second-order valence-corrected chi connectivity index (χ2v) is 6.98. The molecule has 1 aromatic heterocycles. The fraction of sp³-hybridized carbons (Fsp3) is 0.429. The van der Waals surface area contributed by atoms with Gasteiger partial charge in [-0.1, -0.05) is 23.2 Å². The van der Waals surface area contributed by atoms with Crippen molar-refractivity contribution in [3.8, 4) is 0 Å². The van der Waals surface area contributed by atoms with Gasteiger partial charge in [0.05, 0.1) is 27.2 Å². The summed E-state index contributed by atoms with van der Waals surface area (Å²) in [7, 11) is 0. The van der Waals surface area contributed by atoms with Crippen LogP contribution in [0.2, 0.25) is 10.0 Å². The van der Waals surface area contributed by atoms with Gasteiger partial charge in [0, 0.05) is 0 Å². The van der Waals surface area contributed by atoms with E-state index in [1.807, 2.05) is 0 Å². The average molecular weight is 426 g/mol. The lowest BCUT2D eigenvalue weighted by Gasteiger charge is -2.24. The fourth-order valence-electron chi connectivity index (χ4n) is 2.80. The first-order valence-electron chi connectivity index (χ1n) is 6.73. The molecule has 1 saturated heterocycles. The summed E-state index contributed by atoms with van der Waals surface area (Å²) in [6.07, 6.45) is -4.19. The second-order valence-electron chi connectivity index (χ2n) is 5.46. The van der Waals surface area contributed by atoms with Crippen LogP contribution < -0.4 is 0 Å². The molecule has 1 aliphatic heterocycles. The molecule has 1 aliphatic rings. The van der Waals surface area contributed by atoms with Crippen LogP contribution in [0.4, 0.5) is 4.39 Å². The third-order valence-corrected chi connectivity index (χ3v) is 5.42. The highest BCUT2D eigenvalue weighted by Gasteiger charge is 2.59. The van der Waals surface area contributed by atoms with Gasteiger partial charge in [0.15, 0.2) is 28.5 Å². The number of carbonyl (C=O) groups is 1. The van der Waals surface area contributed by atoms with Gasteiger partial charge < -0.3 is 9.84 Å². The number of nitrogens with zero attached hydrogens (tertiary/aromatic N) is 2. The summed E-state index contributed by atoms with van der Waals surface area (Å²) in [5, 5.41) is 11.0. The lowest BCUT2D eigenvalue weighted by molar-refractivity contribution is -0.144. The first kappa shape index (κ1) is 17.1. The van der Waals surface area contributed by atoms with Crippen LogP contribution in [-0.4, -0.2) is 38.3 Å². The maximum atomic E-state index is 14.9. The molecule has 1 fully saturated rings. The van der Waals surface area contributed by atoms with Crippen molar-refractivity contribution < 1.29 is 19.0 Å². The summed E-state index contributed by atoms with van der Waals surface area (Å²) in [6, 6.07) is 3.08. The van der Waals surface area contributed by atoms with E-state index in [0.717, 1.165) is 6.92 Å². The fourth-order valence-corrected chi connectivity index (χ4v) is 3.70. The molecule has 0 amide bonds. The van der Waals surface area contributed by atoms with Crippen LogP contribution in [-0.2, 0) is 9.53 Å². The molecule has 0 saturated carbocycles. The number of alkyl halides is 1. The SMILES string of the molecule is CC(=O)[C@@]1(O)[C@@H](C)O[C@@H](n2c(Br)nc3cc(Cl)c(Cl)cc32)[C@@H]1F. The van der Waals surface area contributed by atoms with Crippen molar-refractivity contribution in [2.75, 3.05) is 0 Å². The summed E-state index contributed by atoms with van der Waals surface area (Å²) in [4.78, 5) is 15.9. The molecule has 5 nitrogen and oxygen atoms in total. The van der Waals surface area contributed by atoms with E-state index >= 15 is 0 Å². The number of fused-ring (bicyclic) bond motifs is 1. The minimum absolute atomic E-state index is 0.274. The van der Waals surface area contributed by atoms with E-state index in [1.54, 1.807) is 6.07 Å². The van der Waals surface area contributed by atoms with Crippen molar-refractivity contribution in [2.24, 2.45) is 0 Å². The molecule has 3 rings (SSSR count). The van der Waals surface area contributed by atoms with E-state index in [1.165, 1.54) is 17.6 Å². The van der Waals surface area contributed by atoms with Crippen LogP contribution in [0, 0.1) is 0 Å². The van der Waals surface area contributed by atoms with Crippen molar-refractivity contribution in [3.63, 3.8) is 0 Å². The lowest BCUT2D eigenvalue weighted by Crippen LogP contribution is -2.50. The van der Waals surface area contributed by atoms with Gasteiger partial charge in [-0.05, 0) is 41.9 Å². The van der Waals surface area contributed by atoms with E-state index in [-0.39, 0.29) is 9.76 Å². The third-order valence-electron chi connectivity index (χ3n) is 4.14. The van der Waals surface area contributed by atoms with E-state index in [0.29, 0.717) is 16.1 Å². The van der Waals surface area contributed by atoms with E-state index < -0.39 is 29.9 Å². The molecule has 0 bridgehead atoms. The van der Waals surface area contributed by atoms with Gasteiger partial charge in [0.25, 0.3) is 0 Å². The molecule has 4 atom stereocenters. The normalized spacial score (nSPS) is 31.0. The number of hydrogen-bond acceptors (Lipinski definition) is 4. The highest BCUT2D eigenvalue weighted by molar-refractivity contribution is 9.10. The molecule has 23 heavy (non-hydrogen) atoms. The molecule has 9 heteroatoms. The summed E-state index contributed by atoms with van der Waals surface area (Å²) < 4.78 is 22.1. The number of rotatable bonds is 2. The predicted molar refractivity (Wildman–Crippen MR) is 87.6 cm³/mol. The number of carbonyl (C=O) groups excluding carboxylic acids is 1. The largest absolute Gasteiger partial charge is 0.377 e. The van der Waals surface area contributed by atoms with Gasteiger partial charge in [0.2, 0.25) is 0 Å². The topological polar surface area (TPSA) is 64.3 Å². The Hall–Kier alpha value is -0.730. The van der Waals surface area contributed by atoms with Gasteiger partial charge >= 0.3 is 0 Å². The maximum Gasteiger partial charge on any atom is 0.184 e. The number of ether oxygens (including phenoxy) is 1. The zero-order chi connectivity index (χ0) is 17.1. The highest BCUT2D eigenvalue weighted by Crippen LogP contribution is 2.43. The van der Waals surface area contributed by atoms with Crippen molar-refractivity contribution >= 4 is 55.9 Å². The monoisotopic (exact) mass is 424 g/mol. The van der Waals surface area contributed by atoms with Crippen molar-refractivity contribution in [3.05, 3.63) is 26.9 Å². The van der Waals surface area contributed by atoms with Gasteiger partial charge in [-0.2, -0.15) is 0 Å². The molecule has 1 N–H and O–H groups in total.